The molecule has 0 saturated heterocycles. The van der Waals surface area contributed by atoms with Crippen molar-refractivity contribution in [2.75, 3.05) is 23.9 Å². The maximum atomic E-state index is 5.97. The molecule has 19 heavy (non-hydrogen) atoms. The molecule has 2 rings (SSSR count). The second kappa shape index (κ2) is 5.99. The summed E-state index contributed by atoms with van der Waals surface area (Å²) in [5, 5.41) is 3.49. The summed E-state index contributed by atoms with van der Waals surface area (Å²) in [7, 11) is 0. The first-order valence-corrected chi connectivity index (χ1v) is 8.25. The largest absolute Gasteiger partial charge is 0.383 e. The second-order valence-electron chi connectivity index (χ2n) is 5.34. The number of hydrogen-bond donors (Lipinski definition) is 2. The van der Waals surface area contributed by atoms with Gasteiger partial charge in [0.05, 0.1) is 0 Å². The van der Waals surface area contributed by atoms with Gasteiger partial charge >= 0.3 is 0 Å². The van der Waals surface area contributed by atoms with Crippen molar-refractivity contribution in [1.29, 1.82) is 0 Å². The Morgan fingerprint density at radius 1 is 1.37 bits per heavy atom. The molecule has 5 heteroatoms. The van der Waals surface area contributed by atoms with Crippen LogP contribution in [0.1, 0.15) is 44.0 Å². The van der Waals surface area contributed by atoms with Gasteiger partial charge in [0.2, 0.25) is 0 Å². The smallest absolute Gasteiger partial charge is 0.134 e. The molecule has 0 atom stereocenters. The highest BCUT2D eigenvalue weighted by Crippen LogP contribution is 2.42. The van der Waals surface area contributed by atoms with E-state index in [2.05, 4.69) is 28.5 Å². The first kappa shape index (κ1) is 14.4. The predicted octanol–water partition coefficient (Wildman–Crippen LogP) is 3.02. The highest BCUT2D eigenvalue weighted by Gasteiger charge is 2.36. The lowest BCUT2D eigenvalue weighted by molar-refractivity contribution is 0.379. The highest BCUT2D eigenvalue weighted by molar-refractivity contribution is 8.00. The minimum atomic E-state index is 0.400. The number of aryl methyl sites for hydroxylation is 1. The van der Waals surface area contributed by atoms with Gasteiger partial charge in [-0.25, -0.2) is 9.97 Å². The third-order valence-corrected chi connectivity index (χ3v) is 5.40. The van der Waals surface area contributed by atoms with Crippen molar-refractivity contribution in [2.45, 2.75) is 50.7 Å². The van der Waals surface area contributed by atoms with Crippen LogP contribution in [0, 0.1) is 6.92 Å². The summed E-state index contributed by atoms with van der Waals surface area (Å²) in [5.74, 6) is 2.36. The molecule has 1 aromatic heterocycles. The lowest BCUT2D eigenvalue weighted by Gasteiger charge is -2.40. The standard InChI is InChI=1S/C14H24N4S/c1-4-6-11-17-12(15)10(2)13(18-11)16-9-14(19-3)7-5-8-14/h4-9H2,1-3H3,(H3,15,16,17,18). The first-order valence-electron chi connectivity index (χ1n) is 7.02. The van der Waals surface area contributed by atoms with E-state index in [-0.39, 0.29) is 0 Å². The van der Waals surface area contributed by atoms with E-state index in [0.717, 1.165) is 36.6 Å². The summed E-state index contributed by atoms with van der Waals surface area (Å²) in [6.45, 7) is 5.08. The van der Waals surface area contributed by atoms with Gasteiger partial charge in [-0.1, -0.05) is 13.3 Å². The zero-order chi connectivity index (χ0) is 13.9. The van der Waals surface area contributed by atoms with E-state index < -0.39 is 0 Å². The zero-order valence-corrected chi connectivity index (χ0v) is 12.9. The van der Waals surface area contributed by atoms with Gasteiger partial charge in [0.1, 0.15) is 17.5 Å². The first-order chi connectivity index (χ1) is 9.10. The summed E-state index contributed by atoms with van der Waals surface area (Å²) in [6.07, 6.45) is 8.05. The maximum Gasteiger partial charge on any atom is 0.134 e. The Labute approximate surface area is 120 Å². The number of anilines is 2. The molecule has 0 radical (unpaired) electrons. The molecular formula is C14H24N4S. The molecule has 0 aliphatic heterocycles. The molecule has 1 fully saturated rings. The number of nitrogens with one attached hydrogen (secondary N) is 1. The van der Waals surface area contributed by atoms with Crippen molar-refractivity contribution in [3.63, 3.8) is 0 Å². The Kier molecular flexibility index (Phi) is 4.55. The Balaban J connectivity index is 2.10. The van der Waals surface area contributed by atoms with Crippen molar-refractivity contribution < 1.29 is 0 Å². The van der Waals surface area contributed by atoms with Gasteiger partial charge in [-0.05, 0) is 32.4 Å². The van der Waals surface area contributed by atoms with E-state index >= 15 is 0 Å². The molecule has 1 aromatic rings. The lowest BCUT2D eigenvalue weighted by Crippen LogP contribution is -2.40. The number of nitrogens with two attached hydrogens (primary N) is 1. The Morgan fingerprint density at radius 2 is 2.11 bits per heavy atom. The van der Waals surface area contributed by atoms with Gasteiger partial charge in [0.15, 0.2) is 0 Å². The van der Waals surface area contributed by atoms with Gasteiger partial charge in [-0.15, -0.1) is 0 Å². The maximum absolute atomic E-state index is 5.97. The minimum absolute atomic E-state index is 0.400. The van der Waals surface area contributed by atoms with Crippen LogP contribution < -0.4 is 11.1 Å². The second-order valence-corrected chi connectivity index (χ2v) is 6.62. The van der Waals surface area contributed by atoms with Crippen molar-refractivity contribution in [3.05, 3.63) is 11.4 Å². The van der Waals surface area contributed by atoms with E-state index in [1.165, 1.54) is 19.3 Å². The fraction of sp³-hybridized carbons (Fsp3) is 0.714. The third-order valence-electron chi connectivity index (χ3n) is 3.98. The average molecular weight is 280 g/mol. The number of rotatable bonds is 6. The van der Waals surface area contributed by atoms with Crippen LogP contribution in [0.15, 0.2) is 0 Å². The average Bonchev–Trinajstić information content (AvgIpc) is 2.34. The van der Waals surface area contributed by atoms with Crippen molar-refractivity contribution in [3.8, 4) is 0 Å². The molecule has 4 nitrogen and oxygen atoms in total. The lowest BCUT2D eigenvalue weighted by atomic mass is 9.84. The van der Waals surface area contributed by atoms with E-state index in [4.69, 9.17) is 5.73 Å². The molecule has 0 bridgehead atoms. The molecule has 1 aliphatic rings. The molecule has 3 N–H and O–H groups in total. The van der Waals surface area contributed by atoms with Crippen LogP contribution in [-0.4, -0.2) is 27.5 Å². The van der Waals surface area contributed by atoms with Gasteiger partial charge in [-0.3, -0.25) is 0 Å². The molecule has 0 aromatic carbocycles. The molecule has 0 spiro atoms. The number of aromatic nitrogens is 2. The molecule has 0 amide bonds. The molecule has 1 heterocycles. The van der Waals surface area contributed by atoms with Crippen LogP contribution in [-0.2, 0) is 6.42 Å². The Hall–Kier alpha value is -0.970. The minimum Gasteiger partial charge on any atom is -0.383 e. The van der Waals surface area contributed by atoms with Crippen LogP contribution in [0.3, 0.4) is 0 Å². The predicted molar refractivity (Wildman–Crippen MR) is 83.8 cm³/mol. The molecule has 0 unspecified atom stereocenters. The monoisotopic (exact) mass is 280 g/mol. The fourth-order valence-corrected chi connectivity index (χ4v) is 3.27. The van der Waals surface area contributed by atoms with Crippen LogP contribution in [0.25, 0.3) is 0 Å². The fourth-order valence-electron chi connectivity index (χ4n) is 2.36. The topological polar surface area (TPSA) is 63.8 Å². The summed E-state index contributed by atoms with van der Waals surface area (Å²) >= 11 is 1.97. The van der Waals surface area contributed by atoms with Crippen molar-refractivity contribution >= 4 is 23.4 Å². The zero-order valence-electron chi connectivity index (χ0n) is 12.1. The van der Waals surface area contributed by atoms with Crippen molar-refractivity contribution in [2.24, 2.45) is 0 Å². The van der Waals surface area contributed by atoms with Crippen LogP contribution in [0.4, 0.5) is 11.6 Å². The van der Waals surface area contributed by atoms with Crippen LogP contribution in [0.2, 0.25) is 0 Å². The summed E-state index contributed by atoms with van der Waals surface area (Å²) < 4.78 is 0.400. The normalized spacial score (nSPS) is 17.0. The molecular weight excluding hydrogens is 256 g/mol. The van der Waals surface area contributed by atoms with Crippen molar-refractivity contribution in [1.82, 2.24) is 9.97 Å². The quantitative estimate of drug-likeness (QED) is 0.838. The number of hydrogen-bond acceptors (Lipinski definition) is 5. The summed E-state index contributed by atoms with van der Waals surface area (Å²) in [4.78, 5) is 8.95. The van der Waals surface area contributed by atoms with E-state index in [1.54, 1.807) is 0 Å². The summed E-state index contributed by atoms with van der Waals surface area (Å²) in [6, 6.07) is 0. The SMILES string of the molecule is CCCc1nc(N)c(C)c(NCC2(SC)CCC2)n1. The van der Waals surface area contributed by atoms with E-state index in [1.807, 2.05) is 18.7 Å². The van der Waals surface area contributed by atoms with Gasteiger partial charge < -0.3 is 11.1 Å². The van der Waals surface area contributed by atoms with E-state index in [9.17, 15) is 0 Å². The molecule has 1 aliphatic carbocycles. The van der Waals surface area contributed by atoms with Crippen LogP contribution in [0.5, 0.6) is 0 Å². The van der Waals surface area contributed by atoms with Crippen LogP contribution >= 0.6 is 11.8 Å². The molecule has 106 valence electrons. The highest BCUT2D eigenvalue weighted by atomic mass is 32.2. The van der Waals surface area contributed by atoms with E-state index in [0.29, 0.717) is 10.6 Å². The van der Waals surface area contributed by atoms with Gasteiger partial charge in [0, 0.05) is 23.3 Å². The van der Waals surface area contributed by atoms with Gasteiger partial charge in [0.25, 0.3) is 0 Å². The number of thioether (sulfide) groups is 1. The third kappa shape index (κ3) is 3.14. The Bertz CT molecular complexity index is 438. The number of nitrogens with zero attached hydrogens (tertiary/aromatic N) is 2. The van der Waals surface area contributed by atoms with Gasteiger partial charge in [-0.2, -0.15) is 11.8 Å². The number of nitrogen functional groups attached to an aromatic ring is 1. The Morgan fingerprint density at radius 3 is 2.63 bits per heavy atom. The summed E-state index contributed by atoms with van der Waals surface area (Å²) in [5.41, 5.74) is 6.94. The molecule has 1 saturated carbocycles.